The lowest BCUT2D eigenvalue weighted by Crippen LogP contribution is -2.42. The lowest BCUT2D eigenvalue weighted by atomic mass is 9.91. The van der Waals surface area contributed by atoms with Gasteiger partial charge in [-0.05, 0) is 42.9 Å². The Kier molecular flexibility index (Phi) is 6.10. The van der Waals surface area contributed by atoms with Gasteiger partial charge < -0.3 is 10.1 Å². The Labute approximate surface area is 150 Å². The molecule has 3 heteroatoms. The molecule has 0 heterocycles. The zero-order chi connectivity index (χ0) is 17.5. The summed E-state index contributed by atoms with van der Waals surface area (Å²) < 4.78 is 5.91. The molecule has 1 aliphatic rings. The lowest BCUT2D eigenvalue weighted by Gasteiger charge is -2.27. The molecule has 2 atom stereocenters. The van der Waals surface area contributed by atoms with E-state index in [0.29, 0.717) is 12.3 Å². The summed E-state index contributed by atoms with van der Waals surface area (Å²) in [5.74, 6) is 1.23. The second-order valence-electron chi connectivity index (χ2n) is 6.77. The van der Waals surface area contributed by atoms with E-state index >= 15 is 0 Å². The van der Waals surface area contributed by atoms with Crippen molar-refractivity contribution in [3.8, 4) is 5.75 Å². The van der Waals surface area contributed by atoms with Gasteiger partial charge in [0.2, 0.25) is 0 Å². The Morgan fingerprint density at radius 2 is 1.64 bits per heavy atom. The molecule has 132 valence electrons. The maximum absolute atomic E-state index is 12.9. The first kappa shape index (κ1) is 17.5. The van der Waals surface area contributed by atoms with Crippen molar-refractivity contribution in [2.24, 2.45) is 5.92 Å². The van der Waals surface area contributed by atoms with E-state index in [9.17, 15) is 4.79 Å². The largest absolute Gasteiger partial charge is 0.481 e. The second kappa shape index (κ2) is 8.70. The third-order valence-electron chi connectivity index (χ3n) is 5.01. The molecule has 1 fully saturated rings. The Bertz CT molecular complexity index is 650. The highest BCUT2D eigenvalue weighted by atomic mass is 16.5. The number of rotatable bonds is 7. The molecule has 0 aliphatic heterocycles. The second-order valence-corrected chi connectivity index (χ2v) is 6.77. The van der Waals surface area contributed by atoms with Crippen molar-refractivity contribution in [1.82, 2.24) is 5.32 Å². The first-order valence-corrected chi connectivity index (χ1v) is 9.35. The number of carbonyl (C=O) groups excluding carboxylic acids is 1. The molecule has 2 aromatic rings. The molecule has 0 unspecified atom stereocenters. The number of carbonyl (C=O) groups is 1. The van der Waals surface area contributed by atoms with Crippen molar-refractivity contribution in [1.29, 1.82) is 0 Å². The van der Waals surface area contributed by atoms with Gasteiger partial charge in [0.05, 0.1) is 6.04 Å². The minimum absolute atomic E-state index is 0.0212. The van der Waals surface area contributed by atoms with Gasteiger partial charge in [0.25, 0.3) is 5.91 Å². The standard InChI is InChI=1S/C22H27NO2/c1-2-20(25-19-15-7-4-8-16-19)22(24)23-21(18-13-9-10-14-18)17-11-5-3-6-12-17/h3-8,11-12,15-16,18,20-21H,2,9-10,13-14H2,1H3,(H,23,24)/t20-,21+/m1/s1. The fourth-order valence-corrected chi connectivity index (χ4v) is 3.66. The summed E-state index contributed by atoms with van der Waals surface area (Å²) in [6, 6.07) is 20.0. The Hall–Kier alpha value is -2.29. The maximum Gasteiger partial charge on any atom is 0.261 e. The molecule has 0 spiro atoms. The number of benzene rings is 2. The Balaban J connectivity index is 1.72. The quantitative estimate of drug-likeness (QED) is 0.781. The zero-order valence-corrected chi connectivity index (χ0v) is 14.9. The van der Waals surface area contributed by atoms with Gasteiger partial charge in [-0.25, -0.2) is 0 Å². The normalized spacial score (nSPS) is 17.0. The molecule has 1 aliphatic carbocycles. The molecule has 0 saturated heterocycles. The van der Waals surface area contributed by atoms with E-state index in [-0.39, 0.29) is 11.9 Å². The molecule has 0 radical (unpaired) electrons. The Morgan fingerprint density at radius 1 is 1.04 bits per heavy atom. The fourth-order valence-electron chi connectivity index (χ4n) is 3.66. The van der Waals surface area contributed by atoms with E-state index in [1.165, 1.54) is 31.2 Å². The van der Waals surface area contributed by atoms with Crippen LogP contribution >= 0.6 is 0 Å². The average Bonchev–Trinajstić information content (AvgIpc) is 3.20. The van der Waals surface area contributed by atoms with E-state index in [1.807, 2.05) is 55.5 Å². The van der Waals surface area contributed by atoms with E-state index in [1.54, 1.807) is 0 Å². The topological polar surface area (TPSA) is 38.3 Å². The van der Waals surface area contributed by atoms with Crippen LogP contribution in [0.25, 0.3) is 0 Å². The van der Waals surface area contributed by atoms with Crippen LogP contribution in [0.15, 0.2) is 60.7 Å². The third kappa shape index (κ3) is 4.62. The fraction of sp³-hybridized carbons (Fsp3) is 0.409. The number of hydrogen-bond donors (Lipinski definition) is 1. The summed E-state index contributed by atoms with van der Waals surface area (Å²) in [7, 11) is 0. The van der Waals surface area contributed by atoms with Crippen molar-refractivity contribution in [3.63, 3.8) is 0 Å². The van der Waals surface area contributed by atoms with E-state index in [2.05, 4.69) is 17.4 Å². The summed E-state index contributed by atoms with van der Waals surface area (Å²) in [5.41, 5.74) is 1.19. The Morgan fingerprint density at radius 3 is 2.24 bits per heavy atom. The summed E-state index contributed by atoms with van der Waals surface area (Å²) in [6.07, 6.45) is 5.04. The number of hydrogen-bond acceptors (Lipinski definition) is 2. The van der Waals surface area contributed by atoms with Gasteiger partial charge in [-0.2, -0.15) is 0 Å². The number of para-hydroxylation sites is 1. The van der Waals surface area contributed by atoms with E-state index < -0.39 is 6.10 Å². The number of nitrogens with one attached hydrogen (secondary N) is 1. The molecule has 1 amide bonds. The van der Waals surface area contributed by atoms with Crippen molar-refractivity contribution in [2.45, 2.75) is 51.2 Å². The third-order valence-corrected chi connectivity index (χ3v) is 5.01. The highest BCUT2D eigenvalue weighted by molar-refractivity contribution is 5.81. The molecule has 25 heavy (non-hydrogen) atoms. The average molecular weight is 337 g/mol. The van der Waals surface area contributed by atoms with Gasteiger partial charge in [0, 0.05) is 0 Å². The van der Waals surface area contributed by atoms with Crippen LogP contribution in [0.5, 0.6) is 5.75 Å². The van der Waals surface area contributed by atoms with Crippen LogP contribution in [0.1, 0.15) is 50.6 Å². The predicted molar refractivity (Wildman–Crippen MR) is 100 cm³/mol. The molecule has 1 N–H and O–H groups in total. The SMILES string of the molecule is CC[C@@H](Oc1ccccc1)C(=O)N[C@@H](c1ccccc1)C1CCCC1. The van der Waals surface area contributed by atoms with Crippen molar-refractivity contribution in [3.05, 3.63) is 66.2 Å². The van der Waals surface area contributed by atoms with E-state index in [4.69, 9.17) is 4.74 Å². The smallest absolute Gasteiger partial charge is 0.261 e. The van der Waals surface area contributed by atoms with Crippen LogP contribution in [0, 0.1) is 5.92 Å². The minimum Gasteiger partial charge on any atom is -0.481 e. The molecule has 3 nitrogen and oxygen atoms in total. The first-order valence-electron chi connectivity index (χ1n) is 9.35. The number of ether oxygens (including phenoxy) is 1. The van der Waals surface area contributed by atoms with Crippen molar-refractivity contribution < 1.29 is 9.53 Å². The molecular weight excluding hydrogens is 310 g/mol. The van der Waals surface area contributed by atoms with Crippen LogP contribution in [0.3, 0.4) is 0 Å². The summed E-state index contributed by atoms with van der Waals surface area (Å²) in [5, 5.41) is 3.28. The van der Waals surface area contributed by atoms with Crippen LogP contribution in [-0.2, 0) is 4.79 Å². The van der Waals surface area contributed by atoms with Gasteiger partial charge in [0.1, 0.15) is 5.75 Å². The highest BCUT2D eigenvalue weighted by Crippen LogP contribution is 2.35. The minimum atomic E-state index is -0.463. The molecule has 1 saturated carbocycles. The maximum atomic E-state index is 12.9. The lowest BCUT2D eigenvalue weighted by molar-refractivity contribution is -0.129. The monoisotopic (exact) mass is 337 g/mol. The van der Waals surface area contributed by atoms with Crippen LogP contribution in [0.4, 0.5) is 0 Å². The summed E-state index contributed by atoms with van der Waals surface area (Å²) >= 11 is 0. The zero-order valence-electron chi connectivity index (χ0n) is 14.9. The molecule has 0 bridgehead atoms. The molecule has 2 aromatic carbocycles. The van der Waals surface area contributed by atoms with Gasteiger partial charge in [-0.15, -0.1) is 0 Å². The summed E-state index contributed by atoms with van der Waals surface area (Å²) in [6.45, 7) is 1.99. The highest BCUT2D eigenvalue weighted by Gasteiger charge is 2.30. The summed E-state index contributed by atoms with van der Waals surface area (Å²) in [4.78, 5) is 12.9. The van der Waals surface area contributed by atoms with Crippen molar-refractivity contribution >= 4 is 5.91 Å². The van der Waals surface area contributed by atoms with Gasteiger partial charge in [-0.3, -0.25) is 4.79 Å². The van der Waals surface area contributed by atoms with Crippen molar-refractivity contribution in [2.75, 3.05) is 0 Å². The van der Waals surface area contributed by atoms with Crippen LogP contribution in [0.2, 0.25) is 0 Å². The molecule has 0 aromatic heterocycles. The predicted octanol–water partition coefficient (Wildman–Crippen LogP) is 4.89. The van der Waals surface area contributed by atoms with Crippen LogP contribution < -0.4 is 10.1 Å². The number of amides is 1. The first-order chi connectivity index (χ1) is 12.3. The van der Waals surface area contributed by atoms with Gasteiger partial charge in [0.15, 0.2) is 6.10 Å². The van der Waals surface area contributed by atoms with Gasteiger partial charge >= 0.3 is 0 Å². The van der Waals surface area contributed by atoms with Crippen LogP contribution in [-0.4, -0.2) is 12.0 Å². The molecular formula is C22H27NO2. The van der Waals surface area contributed by atoms with Gasteiger partial charge in [-0.1, -0.05) is 68.3 Å². The molecule has 3 rings (SSSR count). The van der Waals surface area contributed by atoms with E-state index in [0.717, 1.165) is 5.75 Å².